The summed E-state index contributed by atoms with van der Waals surface area (Å²) in [4.78, 5) is 13.9. The van der Waals surface area contributed by atoms with Gasteiger partial charge >= 0.3 is 0 Å². The van der Waals surface area contributed by atoms with Crippen LogP contribution in [0.25, 0.3) is 0 Å². The Hall–Kier alpha value is -2.00. The molecule has 0 N–H and O–H groups in total. The van der Waals surface area contributed by atoms with Crippen molar-refractivity contribution in [2.45, 2.75) is 13.0 Å². The van der Waals surface area contributed by atoms with Crippen LogP contribution in [-0.4, -0.2) is 25.0 Å². The number of nitrogens with zero attached hydrogens (tertiary/aromatic N) is 1. The van der Waals surface area contributed by atoms with E-state index in [1.54, 1.807) is 19.1 Å². The molecule has 0 aromatic heterocycles. The molecule has 1 amide bonds. The maximum Gasteiger partial charge on any atom is 0.227 e. The fourth-order valence-corrected chi connectivity index (χ4v) is 2.22. The zero-order valence-corrected chi connectivity index (χ0v) is 12.9. The summed E-state index contributed by atoms with van der Waals surface area (Å²) < 4.78 is 5.10. The number of halogens is 1. The van der Waals surface area contributed by atoms with Gasteiger partial charge in [0.2, 0.25) is 5.91 Å². The lowest BCUT2D eigenvalue weighted by Gasteiger charge is -2.18. The third-order valence-corrected chi connectivity index (χ3v) is 3.67. The van der Waals surface area contributed by atoms with Crippen molar-refractivity contribution < 1.29 is 9.53 Å². The minimum absolute atomic E-state index is 0.0556. The Balaban J connectivity index is 1.97. The number of hydrogen-bond donors (Lipinski definition) is 0. The predicted molar refractivity (Wildman–Crippen MR) is 84.6 cm³/mol. The Morgan fingerprint density at radius 2 is 1.81 bits per heavy atom. The summed E-state index contributed by atoms with van der Waals surface area (Å²) >= 11 is 6.11. The molecule has 0 bridgehead atoms. The lowest BCUT2D eigenvalue weighted by Crippen LogP contribution is -2.27. The number of ether oxygens (including phenoxy) is 1. The van der Waals surface area contributed by atoms with Crippen LogP contribution in [0, 0.1) is 0 Å². The van der Waals surface area contributed by atoms with Crippen LogP contribution in [0.5, 0.6) is 5.75 Å². The molecule has 0 atom stereocenters. The summed E-state index contributed by atoms with van der Waals surface area (Å²) in [5.41, 5.74) is 1.91. The fraction of sp³-hybridized carbons (Fsp3) is 0.235. The molecule has 0 fully saturated rings. The number of amides is 1. The zero-order valence-electron chi connectivity index (χ0n) is 12.2. The molecule has 0 heterocycles. The maximum atomic E-state index is 12.2. The first-order valence-corrected chi connectivity index (χ1v) is 7.08. The third kappa shape index (κ3) is 4.23. The van der Waals surface area contributed by atoms with Crippen LogP contribution in [0.2, 0.25) is 5.02 Å². The van der Waals surface area contributed by atoms with E-state index in [0.717, 1.165) is 16.9 Å². The van der Waals surface area contributed by atoms with Crippen LogP contribution >= 0.6 is 11.6 Å². The molecule has 2 aromatic carbocycles. The van der Waals surface area contributed by atoms with Crippen molar-refractivity contribution in [2.75, 3.05) is 14.2 Å². The largest absolute Gasteiger partial charge is 0.497 e. The first kappa shape index (κ1) is 15.4. The van der Waals surface area contributed by atoms with Gasteiger partial charge in [0.1, 0.15) is 5.75 Å². The molecule has 0 aliphatic heterocycles. The van der Waals surface area contributed by atoms with E-state index in [9.17, 15) is 4.79 Å². The molecule has 0 radical (unpaired) electrons. The van der Waals surface area contributed by atoms with Crippen molar-refractivity contribution in [3.8, 4) is 5.75 Å². The standard InChI is InChI=1S/C17H18ClNO2/c1-19(12-14-5-3-4-6-16(14)18)17(20)11-13-7-9-15(21-2)10-8-13/h3-10H,11-12H2,1-2H3. The normalized spacial score (nSPS) is 10.2. The van der Waals surface area contributed by atoms with Gasteiger partial charge in [0.25, 0.3) is 0 Å². The maximum absolute atomic E-state index is 12.2. The summed E-state index contributed by atoms with van der Waals surface area (Å²) in [5.74, 6) is 0.843. The SMILES string of the molecule is COc1ccc(CC(=O)N(C)Cc2ccccc2Cl)cc1. The van der Waals surface area contributed by atoms with Gasteiger partial charge in [-0.15, -0.1) is 0 Å². The van der Waals surface area contributed by atoms with Crippen molar-refractivity contribution in [1.82, 2.24) is 4.90 Å². The molecule has 0 spiro atoms. The minimum atomic E-state index is 0.0556. The van der Waals surface area contributed by atoms with E-state index < -0.39 is 0 Å². The Kier molecular flexibility index (Phi) is 5.23. The molecule has 3 nitrogen and oxygen atoms in total. The lowest BCUT2D eigenvalue weighted by atomic mass is 10.1. The Morgan fingerprint density at radius 1 is 1.14 bits per heavy atom. The molecular formula is C17H18ClNO2. The van der Waals surface area contributed by atoms with Crippen molar-refractivity contribution in [3.05, 3.63) is 64.7 Å². The van der Waals surface area contributed by atoms with E-state index in [-0.39, 0.29) is 5.91 Å². The van der Waals surface area contributed by atoms with E-state index in [0.29, 0.717) is 18.0 Å². The van der Waals surface area contributed by atoms with Gasteiger partial charge in [0.15, 0.2) is 0 Å². The van der Waals surface area contributed by atoms with Gasteiger partial charge in [-0.3, -0.25) is 4.79 Å². The molecule has 4 heteroatoms. The number of rotatable bonds is 5. The average Bonchev–Trinajstić information content (AvgIpc) is 2.50. The lowest BCUT2D eigenvalue weighted by molar-refractivity contribution is -0.129. The highest BCUT2D eigenvalue weighted by Crippen LogP contribution is 2.17. The molecule has 0 aliphatic carbocycles. The van der Waals surface area contributed by atoms with E-state index in [2.05, 4.69) is 0 Å². The highest BCUT2D eigenvalue weighted by Gasteiger charge is 2.11. The molecular weight excluding hydrogens is 286 g/mol. The molecule has 2 aromatic rings. The summed E-state index contributed by atoms with van der Waals surface area (Å²) in [6.07, 6.45) is 0.366. The van der Waals surface area contributed by atoms with Gasteiger partial charge in [-0.2, -0.15) is 0 Å². The fourth-order valence-electron chi connectivity index (χ4n) is 2.02. The molecule has 21 heavy (non-hydrogen) atoms. The summed E-state index contributed by atoms with van der Waals surface area (Å²) in [6, 6.07) is 15.1. The van der Waals surface area contributed by atoms with Crippen LogP contribution in [0.1, 0.15) is 11.1 Å². The van der Waals surface area contributed by atoms with E-state index in [1.807, 2.05) is 48.5 Å². The molecule has 0 saturated heterocycles. The summed E-state index contributed by atoms with van der Waals surface area (Å²) in [5, 5.41) is 0.682. The molecule has 0 aliphatic rings. The summed E-state index contributed by atoms with van der Waals surface area (Å²) in [7, 11) is 3.41. The molecule has 110 valence electrons. The number of benzene rings is 2. The first-order chi connectivity index (χ1) is 10.1. The Morgan fingerprint density at radius 3 is 2.43 bits per heavy atom. The van der Waals surface area contributed by atoms with Gasteiger partial charge in [-0.25, -0.2) is 0 Å². The first-order valence-electron chi connectivity index (χ1n) is 6.70. The van der Waals surface area contributed by atoms with Crippen LogP contribution in [0.4, 0.5) is 0 Å². The van der Waals surface area contributed by atoms with Crippen molar-refractivity contribution in [2.24, 2.45) is 0 Å². The average molecular weight is 304 g/mol. The van der Waals surface area contributed by atoms with Crippen LogP contribution in [-0.2, 0) is 17.8 Å². The minimum Gasteiger partial charge on any atom is -0.497 e. The topological polar surface area (TPSA) is 29.5 Å². The number of hydrogen-bond acceptors (Lipinski definition) is 2. The quantitative estimate of drug-likeness (QED) is 0.845. The van der Waals surface area contributed by atoms with Gasteiger partial charge in [-0.05, 0) is 29.3 Å². The van der Waals surface area contributed by atoms with Crippen LogP contribution < -0.4 is 4.74 Å². The van der Waals surface area contributed by atoms with Gasteiger partial charge < -0.3 is 9.64 Å². The van der Waals surface area contributed by atoms with Gasteiger partial charge in [0, 0.05) is 18.6 Å². The Bertz CT molecular complexity index is 610. The van der Waals surface area contributed by atoms with Crippen LogP contribution in [0.3, 0.4) is 0 Å². The second-order valence-electron chi connectivity index (χ2n) is 4.87. The number of methoxy groups -OCH3 is 1. The van der Waals surface area contributed by atoms with Gasteiger partial charge in [-0.1, -0.05) is 41.9 Å². The smallest absolute Gasteiger partial charge is 0.227 e. The monoisotopic (exact) mass is 303 g/mol. The second-order valence-corrected chi connectivity index (χ2v) is 5.27. The van der Waals surface area contributed by atoms with Crippen molar-refractivity contribution in [1.29, 1.82) is 0 Å². The van der Waals surface area contributed by atoms with Crippen LogP contribution in [0.15, 0.2) is 48.5 Å². The molecule has 0 saturated carbocycles. The second kappa shape index (κ2) is 7.14. The predicted octanol–water partition coefficient (Wildman–Crippen LogP) is 3.55. The Labute approximate surface area is 130 Å². The number of carbonyl (C=O) groups excluding carboxylic acids is 1. The van der Waals surface area contributed by atoms with Crippen molar-refractivity contribution in [3.63, 3.8) is 0 Å². The highest BCUT2D eigenvalue weighted by atomic mass is 35.5. The third-order valence-electron chi connectivity index (χ3n) is 3.31. The zero-order chi connectivity index (χ0) is 15.2. The summed E-state index contributed by atoms with van der Waals surface area (Å²) in [6.45, 7) is 0.509. The number of carbonyl (C=O) groups is 1. The van der Waals surface area contributed by atoms with Crippen molar-refractivity contribution >= 4 is 17.5 Å². The van der Waals surface area contributed by atoms with Gasteiger partial charge in [0.05, 0.1) is 13.5 Å². The van der Waals surface area contributed by atoms with E-state index >= 15 is 0 Å². The molecule has 0 unspecified atom stereocenters. The van der Waals surface area contributed by atoms with E-state index in [4.69, 9.17) is 16.3 Å². The highest BCUT2D eigenvalue weighted by molar-refractivity contribution is 6.31. The van der Waals surface area contributed by atoms with E-state index in [1.165, 1.54) is 0 Å². The molecule has 2 rings (SSSR count). The number of likely N-dealkylation sites (N-methyl/N-ethyl adjacent to an activating group) is 1.